The number of carboxylic acid groups (broad SMARTS) is 1. The SMILES string of the molecule is O=C(O)c1c(Cl)cccc1-c1cccc(C(F)(F)F)c1F. The van der Waals surface area contributed by atoms with Gasteiger partial charge in [0.25, 0.3) is 0 Å². The average Bonchev–Trinajstić information content (AvgIpc) is 2.36. The molecule has 2 nitrogen and oxygen atoms in total. The molecule has 0 heterocycles. The molecule has 0 saturated heterocycles. The van der Waals surface area contributed by atoms with Crippen LogP contribution in [0.3, 0.4) is 0 Å². The van der Waals surface area contributed by atoms with E-state index in [0.29, 0.717) is 6.07 Å². The molecule has 2 aromatic carbocycles. The summed E-state index contributed by atoms with van der Waals surface area (Å²) in [6.07, 6.45) is -4.87. The van der Waals surface area contributed by atoms with E-state index in [-0.39, 0.29) is 10.6 Å². The molecule has 0 aliphatic carbocycles. The Hall–Kier alpha value is -2.08. The van der Waals surface area contributed by atoms with Gasteiger partial charge in [-0.1, -0.05) is 35.9 Å². The van der Waals surface area contributed by atoms with Crippen molar-refractivity contribution in [3.8, 4) is 11.1 Å². The van der Waals surface area contributed by atoms with Crippen molar-refractivity contribution in [2.75, 3.05) is 0 Å². The number of aromatic carboxylic acids is 1. The third kappa shape index (κ3) is 2.85. The van der Waals surface area contributed by atoms with Gasteiger partial charge in [0.1, 0.15) is 5.82 Å². The molecule has 0 aromatic heterocycles. The molecule has 0 unspecified atom stereocenters. The van der Waals surface area contributed by atoms with Crippen LogP contribution in [0, 0.1) is 5.82 Å². The van der Waals surface area contributed by atoms with Crippen molar-refractivity contribution in [3.05, 3.63) is 58.4 Å². The Morgan fingerprint density at radius 3 is 2.19 bits per heavy atom. The van der Waals surface area contributed by atoms with Gasteiger partial charge in [-0.25, -0.2) is 9.18 Å². The number of halogens is 5. The number of hydrogen-bond donors (Lipinski definition) is 1. The van der Waals surface area contributed by atoms with Gasteiger partial charge in [0, 0.05) is 11.1 Å². The first kappa shape index (κ1) is 15.3. The average molecular weight is 319 g/mol. The second-order valence-corrected chi connectivity index (χ2v) is 4.54. The minimum absolute atomic E-state index is 0.184. The van der Waals surface area contributed by atoms with Gasteiger partial charge in [0.2, 0.25) is 0 Å². The highest BCUT2D eigenvalue weighted by molar-refractivity contribution is 6.34. The Bertz CT molecular complexity index is 711. The van der Waals surface area contributed by atoms with Crippen LogP contribution in [0.2, 0.25) is 5.02 Å². The van der Waals surface area contributed by atoms with Crippen LogP contribution in [-0.4, -0.2) is 11.1 Å². The fourth-order valence-electron chi connectivity index (χ4n) is 1.92. The van der Waals surface area contributed by atoms with Crippen molar-refractivity contribution in [2.24, 2.45) is 0 Å². The van der Waals surface area contributed by atoms with Crippen LogP contribution in [0.25, 0.3) is 11.1 Å². The van der Waals surface area contributed by atoms with Crippen LogP contribution in [0.1, 0.15) is 15.9 Å². The highest BCUT2D eigenvalue weighted by Gasteiger charge is 2.35. The topological polar surface area (TPSA) is 37.3 Å². The highest BCUT2D eigenvalue weighted by Crippen LogP contribution is 2.37. The molecular formula is C14H7ClF4O2. The molecule has 0 atom stereocenters. The monoisotopic (exact) mass is 318 g/mol. The van der Waals surface area contributed by atoms with Gasteiger partial charge < -0.3 is 5.11 Å². The molecule has 0 radical (unpaired) electrons. The summed E-state index contributed by atoms with van der Waals surface area (Å²) < 4.78 is 52.2. The molecule has 0 fully saturated rings. The van der Waals surface area contributed by atoms with E-state index in [1.54, 1.807) is 0 Å². The predicted molar refractivity (Wildman–Crippen MR) is 68.8 cm³/mol. The first-order chi connectivity index (χ1) is 9.73. The fraction of sp³-hybridized carbons (Fsp3) is 0.0714. The lowest BCUT2D eigenvalue weighted by Crippen LogP contribution is -2.09. The maximum Gasteiger partial charge on any atom is 0.419 e. The summed E-state index contributed by atoms with van der Waals surface area (Å²) in [5, 5.41) is 8.92. The Balaban J connectivity index is 2.75. The van der Waals surface area contributed by atoms with Gasteiger partial charge in [-0.05, 0) is 12.1 Å². The quantitative estimate of drug-likeness (QED) is 0.803. The second kappa shape index (κ2) is 5.37. The van der Waals surface area contributed by atoms with Crippen LogP contribution < -0.4 is 0 Å². The summed E-state index contributed by atoms with van der Waals surface area (Å²) in [6, 6.07) is 6.47. The summed E-state index contributed by atoms with van der Waals surface area (Å²) in [4.78, 5) is 11.2. The summed E-state index contributed by atoms with van der Waals surface area (Å²) >= 11 is 5.73. The van der Waals surface area contributed by atoms with E-state index in [0.717, 1.165) is 12.1 Å². The molecule has 1 N–H and O–H groups in total. The number of rotatable bonds is 2. The lowest BCUT2D eigenvalue weighted by molar-refractivity contribution is -0.139. The van der Waals surface area contributed by atoms with Crippen LogP contribution in [0.4, 0.5) is 17.6 Å². The van der Waals surface area contributed by atoms with Gasteiger partial charge in [-0.15, -0.1) is 0 Å². The summed E-state index contributed by atoms with van der Waals surface area (Å²) in [5.74, 6) is -2.98. The zero-order chi connectivity index (χ0) is 15.8. The predicted octanol–water partition coefficient (Wildman–Crippen LogP) is 4.86. The number of carboxylic acids is 1. The van der Waals surface area contributed by atoms with Gasteiger partial charge >= 0.3 is 12.1 Å². The van der Waals surface area contributed by atoms with E-state index < -0.39 is 34.7 Å². The Kier molecular flexibility index (Phi) is 3.91. The Morgan fingerprint density at radius 2 is 1.62 bits per heavy atom. The van der Waals surface area contributed by atoms with Crippen LogP contribution in [0.15, 0.2) is 36.4 Å². The van der Waals surface area contributed by atoms with Crippen molar-refractivity contribution in [2.45, 2.75) is 6.18 Å². The fourth-order valence-corrected chi connectivity index (χ4v) is 2.18. The zero-order valence-electron chi connectivity index (χ0n) is 10.2. The molecule has 0 aliphatic heterocycles. The van der Waals surface area contributed by atoms with E-state index in [2.05, 4.69) is 0 Å². The lowest BCUT2D eigenvalue weighted by Gasteiger charge is -2.13. The minimum atomic E-state index is -4.87. The summed E-state index contributed by atoms with van der Waals surface area (Å²) in [5.41, 5.74) is -2.59. The van der Waals surface area contributed by atoms with Crippen molar-refractivity contribution < 1.29 is 27.5 Å². The Labute approximate surface area is 121 Å². The minimum Gasteiger partial charge on any atom is -0.478 e. The lowest BCUT2D eigenvalue weighted by atomic mass is 9.97. The number of benzene rings is 2. The molecule has 110 valence electrons. The Morgan fingerprint density at radius 1 is 1.05 bits per heavy atom. The third-order valence-corrected chi connectivity index (χ3v) is 3.14. The molecule has 0 bridgehead atoms. The summed E-state index contributed by atoms with van der Waals surface area (Å²) in [7, 11) is 0. The molecule has 21 heavy (non-hydrogen) atoms. The largest absolute Gasteiger partial charge is 0.478 e. The van der Waals surface area contributed by atoms with Crippen molar-refractivity contribution in [1.82, 2.24) is 0 Å². The number of hydrogen-bond acceptors (Lipinski definition) is 1. The van der Waals surface area contributed by atoms with Crippen LogP contribution in [0.5, 0.6) is 0 Å². The smallest absolute Gasteiger partial charge is 0.419 e. The van der Waals surface area contributed by atoms with Gasteiger partial charge in [0.15, 0.2) is 0 Å². The molecule has 7 heteroatoms. The number of carbonyl (C=O) groups is 1. The normalized spacial score (nSPS) is 11.5. The van der Waals surface area contributed by atoms with Gasteiger partial charge in [-0.3, -0.25) is 0 Å². The molecule has 2 aromatic rings. The van der Waals surface area contributed by atoms with Crippen molar-refractivity contribution >= 4 is 17.6 Å². The van der Waals surface area contributed by atoms with Crippen LogP contribution >= 0.6 is 11.6 Å². The molecule has 0 aliphatic rings. The number of alkyl halides is 3. The first-order valence-corrected chi connectivity index (χ1v) is 5.99. The van der Waals surface area contributed by atoms with E-state index in [9.17, 15) is 22.4 Å². The van der Waals surface area contributed by atoms with Gasteiger partial charge in [-0.2, -0.15) is 13.2 Å². The zero-order valence-corrected chi connectivity index (χ0v) is 11.0. The molecule has 0 amide bonds. The molecular weight excluding hydrogens is 312 g/mol. The molecule has 0 spiro atoms. The van der Waals surface area contributed by atoms with E-state index in [1.807, 2.05) is 0 Å². The van der Waals surface area contributed by atoms with E-state index >= 15 is 0 Å². The van der Waals surface area contributed by atoms with Crippen molar-refractivity contribution in [3.63, 3.8) is 0 Å². The third-order valence-electron chi connectivity index (χ3n) is 2.82. The van der Waals surface area contributed by atoms with E-state index in [4.69, 9.17) is 16.7 Å². The second-order valence-electron chi connectivity index (χ2n) is 4.13. The standard InChI is InChI=1S/C14H7ClF4O2/c15-10-6-2-3-7(11(10)13(20)21)8-4-1-5-9(12(8)16)14(17,18)19/h1-6H,(H,20,21). The van der Waals surface area contributed by atoms with Crippen molar-refractivity contribution in [1.29, 1.82) is 0 Å². The highest BCUT2D eigenvalue weighted by atomic mass is 35.5. The maximum absolute atomic E-state index is 14.1. The molecule has 0 saturated carbocycles. The maximum atomic E-state index is 14.1. The van der Waals surface area contributed by atoms with E-state index in [1.165, 1.54) is 18.2 Å². The first-order valence-electron chi connectivity index (χ1n) is 5.61. The van der Waals surface area contributed by atoms with Gasteiger partial charge in [0.05, 0.1) is 16.1 Å². The summed E-state index contributed by atoms with van der Waals surface area (Å²) in [6.45, 7) is 0. The van der Waals surface area contributed by atoms with Crippen LogP contribution in [-0.2, 0) is 6.18 Å². The molecule has 2 rings (SSSR count).